The summed E-state index contributed by atoms with van der Waals surface area (Å²) in [6, 6.07) is 0. The molecule has 3 heterocycles. The molecule has 0 amide bonds. The van der Waals surface area contributed by atoms with Crippen LogP contribution in [-0.4, -0.2) is 71.4 Å². The number of aromatic nitrogens is 2. The number of hydroxylamine groups is 4. The molecule has 2 fully saturated rings. The summed E-state index contributed by atoms with van der Waals surface area (Å²) >= 11 is 0. The van der Waals surface area contributed by atoms with Crippen LogP contribution >= 0.6 is 0 Å². The smallest absolute Gasteiger partial charge is 0.348 e. The van der Waals surface area contributed by atoms with E-state index in [1.54, 1.807) is 27.9 Å². The molecule has 2 saturated heterocycles. The SMILES string of the molecule is CC1(C)CC(OC(=O)Cn2cc[n+](CC(=O)OC3CC(C)(C)N(O)C(C)(C)C3)c2)CC(C)(C)N1O. The number of rotatable bonds is 6. The number of imidazole rings is 1. The topological polar surface area (TPSA) is 108 Å². The molecule has 198 valence electrons. The Bertz CT molecular complexity index is 830. The van der Waals surface area contributed by atoms with Gasteiger partial charge in [0.15, 0.2) is 13.1 Å². The van der Waals surface area contributed by atoms with Gasteiger partial charge in [-0.2, -0.15) is 10.1 Å². The van der Waals surface area contributed by atoms with E-state index in [2.05, 4.69) is 0 Å². The van der Waals surface area contributed by atoms with Crippen LogP contribution in [0.25, 0.3) is 0 Å². The monoisotopic (exact) mass is 495 g/mol. The normalized spacial score (nSPS) is 24.7. The molecule has 0 saturated carbocycles. The van der Waals surface area contributed by atoms with Crippen LogP contribution in [0.2, 0.25) is 0 Å². The van der Waals surface area contributed by atoms with Crippen LogP contribution in [0.1, 0.15) is 81.1 Å². The fraction of sp³-hybridized carbons (Fsp3) is 0.800. The van der Waals surface area contributed by atoms with Crippen molar-refractivity contribution in [3.8, 4) is 0 Å². The number of hydrogen-bond acceptors (Lipinski definition) is 8. The average Bonchev–Trinajstić information content (AvgIpc) is 3.09. The van der Waals surface area contributed by atoms with Gasteiger partial charge in [0.05, 0.1) is 0 Å². The Morgan fingerprint density at radius 1 is 0.800 bits per heavy atom. The standard InChI is InChI=1S/C25H43N4O6/c1-22(2)11-18(12-23(3,4)28(22)32)34-20(30)15-26-9-10-27(17-26)16-21(31)35-19-13-24(5,6)29(33)25(7,8)14-19/h9-10,17-19,32-33H,11-16H2,1-8H3/q+1. The molecule has 10 heteroatoms. The van der Waals surface area contributed by atoms with Crippen molar-refractivity contribution >= 4 is 11.9 Å². The van der Waals surface area contributed by atoms with Crippen LogP contribution in [0.3, 0.4) is 0 Å². The lowest BCUT2D eigenvalue weighted by molar-refractivity contribution is -0.685. The predicted molar refractivity (Wildman–Crippen MR) is 126 cm³/mol. The zero-order valence-electron chi connectivity index (χ0n) is 22.4. The van der Waals surface area contributed by atoms with Crippen LogP contribution in [0.5, 0.6) is 0 Å². The summed E-state index contributed by atoms with van der Waals surface area (Å²) in [6.07, 6.45) is 6.71. The molecule has 0 atom stereocenters. The van der Waals surface area contributed by atoms with E-state index in [0.29, 0.717) is 25.7 Å². The maximum absolute atomic E-state index is 12.6. The van der Waals surface area contributed by atoms with Gasteiger partial charge in [0.25, 0.3) is 0 Å². The van der Waals surface area contributed by atoms with Crippen LogP contribution in [-0.2, 0) is 32.2 Å². The van der Waals surface area contributed by atoms with Gasteiger partial charge in [0.1, 0.15) is 24.6 Å². The Morgan fingerprint density at radius 2 is 1.20 bits per heavy atom. The third-order valence-electron chi connectivity index (χ3n) is 7.17. The molecule has 2 aliphatic heterocycles. The van der Waals surface area contributed by atoms with E-state index in [9.17, 15) is 20.0 Å². The summed E-state index contributed by atoms with van der Waals surface area (Å²) in [4.78, 5) is 25.2. The molecule has 10 nitrogen and oxygen atoms in total. The van der Waals surface area contributed by atoms with Gasteiger partial charge in [-0.05, 0) is 55.4 Å². The fourth-order valence-electron chi connectivity index (χ4n) is 5.89. The minimum Gasteiger partial charge on any atom is -0.459 e. The molecule has 0 bridgehead atoms. The second-order valence-electron chi connectivity index (χ2n) is 12.7. The van der Waals surface area contributed by atoms with Gasteiger partial charge in [-0.25, -0.2) is 18.7 Å². The molecular formula is C25H43N4O6+. The number of esters is 2. The number of ether oxygens (including phenoxy) is 2. The van der Waals surface area contributed by atoms with Crippen LogP contribution in [0, 0.1) is 0 Å². The summed E-state index contributed by atoms with van der Waals surface area (Å²) in [6.45, 7) is 15.5. The molecule has 0 radical (unpaired) electrons. The number of piperidine rings is 2. The lowest BCUT2D eigenvalue weighted by Crippen LogP contribution is -2.60. The van der Waals surface area contributed by atoms with Gasteiger partial charge in [-0.3, -0.25) is 0 Å². The molecule has 0 unspecified atom stereocenters. The van der Waals surface area contributed by atoms with Crippen molar-refractivity contribution in [2.75, 3.05) is 0 Å². The second kappa shape index (κ2) is 9.46. The van der Waals surface area contributed by atoms with Gasteiger partial charge in [-0.1, -0.05) is 0 Å². The molecule has 2 N–H and O–H groups in total. The fourth-order valence-corrected chi connectivity index (χ4v) is 5.89. The first-order valence-electron chi connectivity index (χ1n) is 12.3. The molecule has 1 aromatic rings. The zero-order valence-corrected chi connectivity index (χ0v) is 22.4. The first-order chi connectivity index (χ1) is 15.9. The first kappa shape index (κ1) is 27.6. The first-order valence-corrected chi connectivity index (χ1v) is 12.3. The molecule has 0 aliphatic carbocycles. The Kier molecular flexibility index (Phi) is 7.45. The number of nitrogens with zero attached hydrogens (tertiary/aromatic N) is 4. The van der Waals surface area contributed by atoms with Crippen molar-refractivity contribution in [1.29, 1.82) is 0 Å². The number of hydrogen-bond donors (Lipinski definition) is 2. The van der Waals surface area contributed by atoms with Crippen LogP contribution < -0.4 is 4.57 Å². The highest BCUT2D eigenvalue weighted by Gasteiger charge is 2.47. The maximum Gasteiger partial charge on any atom is 0.348 e. The van der Waals surface area contributed by atoms with Crippen molar-refractivity contribution in [3.63, 3.8) is 0 Å². The molecule has 1 aromatic heterocycles. The Morgan fingerprint density at radius 3 is 1.63 bits per heavy atom. The van der Waals surface area contributed by atoms with Gasteiger partial charge < -0.3 is 19.9 Å². The minimum absolute atomic E-state index is 0.0274. The van der Waals surface area contributed by atoms with Gasteiger partial charge in [0.2, 0.25) is 6.33 Å². The Hall–Kier alpha value is -2.01. The van der Waals surface area contributed by atoms with E-state index in [1.807, 2.05) is 55.4 Å². The average molecular weight is 496 g/mol. The van der Waals surface area contributed by atoms with E-state index in [4.69, 9.17) is 9.47 Å². The van der Waals surface area contributed by atoms with Crippen molar-refractivity contribution < 1.29 is 34.0 Å². The molecule has 3 rings (SSSR count). The van der Waals surface area contributed by atoms with E-state index < -0.39 is 22.2 Å². The highest BCUT2D eigenvalue weighted by Crippen LogP contribution is 2.39. The Labute approximate surface area is 208 Å². The van der Waals surface area contributed by atoms with Crippen molar-refractivity contribution in [2.24, 2.45) is 0 Å². The molecule has 35 heavy (non-hydrogen) atoms. The zero-order chi connectivity index (χ0) is 26.4. The van der Waals surface area contributed by atoms with Gasteiger partial charge in [-0.15, -0.1) is 0 Å². The van der Waals surface area contributed by atoms with E-state index >= 15 is 0 Å². The lowest BCUT2D eigenvalue weighted by atomic mass is 9.80. The summed E-state index contributed by atoms with van der Waals surface area (Å²) in [7, 11) is 0. The third-order valence-corrected chi connectivity index (χ3v) is 7.17. The van der Waals surface area contributed by atoms with E-state index in [0.717, 1.165) is 0 Å². The molecule has 0 spiro atoms. The quantitative estimate of drug-likeness (QED) is 0.458. The summed E-state index contributed by atoms with van der Waals surface area (Å²) in [5.41, 5.74) is -1.99. The van der Waals surface area contributed by atoms with Crippen LogP contribution in [0.15, 0.2) is 18.7 Å². The number of carbonyl (C=O) groups excluding carboxylic acids is 2. The maximum atomic E-state index is 12.6. The summed E-state index contributed by atoms with van der Waals surface area (Å²) < 4.78 is 14.8. The highest BCUT2D eigenvalue weighted by molar-refractivity contribution is 5.69. The van der Waals surface area contributed by atoms with Gasteiger partial charge >= 0.3 is 11.9 Å². The van der Waals surface area contributed by atoms with Crippen molar-refractivity contribution in [3.05, 3.63) is 18.7 Å². The van der Waals surface area contributed by atoms with Crippen LogP contribution in [0.4, 0.5) is 0 Å². The number of carbonyl (C=O) groups is 2. The van der Waals surface area contributed by atoms with E-state index in [1.165, 1.54) is 10.1 Å². The highest BCUT2D eigenvalue weighted by atomic mass is 16.6. The Balaban J connectivity index is 1.51. The second-order valence-corrected chi connectivity index (χ2v) is 12.7. The lowest BCUT2D eigenvalue weighted by Gasteiger charge is -2.50. The van der Waals surface area contributed by atoms with E-state index in [-0.39, 0.29) is 37.2 Å². The van der Waals surface area contributed by atoms with Crippen molar-refractivity contribution in [1.82, 2.24) is 14.7 Å². The summed E-state index contributed by atoms with van der Waals surface area (Å²) in [5, 5.41) is 23.6. The minimum atomic E-state index is -0.498. The predicted octanol–water partition coefficient (Wildman–Crippen LogP) is 2.68. The molecular weight excluding hydrogens is 452 g/mol. The third kappa shape index (κ3) is 6.41. The molecule has 0 aromatic carbocycles. The summed E-state index contributed by atoms with van der Waals surface area (Å²) in [5.74, 6) is -0.725. The molecule has 2 aliphatic rings. The largest absolute Gasteiger partial charge is 0.459 e. The van der Waals surface area contributed by atoms with Gasteiger partial charge in [0, 0.05) is 47.8 Å². The van der Waals surface area contributed by atoms with Crippen molar-refractivity contribution in [2.45, 2.75) is 129 Å².